The van der Waals surface area contributed by atoms with Gasteiger partial charge in [-0.2, -0.15) is 26.3 Å². The predicted molar refractivity (Wildman–Crippen MR) is 76.3 cm³/mol. The van der Waals surface area contributed by atoms with Crippen molar-refractivity contribution >= 4 is 16.9 Å². The lowest BCUT2D eigenvalue weighted by molar-refractivity contribution is -0.200. The molecular weight excluding hydrogens is 362 g/mol. The summed E-state index contributed by atoms with van der Waals surface area (Å²) in [6.07, 6.45) is -11.5. The molecule has 11 heteroatoms. The van der Waals surface area contributed by atoms with Crippen LogP contribution in [0.5, 0.6) is 0 Å². The Bertz CT molecular complexity index is 490. The second kappa shape index (κ2) is 6.81. The maximum Gasteiger partial charge on any atom is 0.471 e. The summed E-state index contributed by atoms with van der Waals surface area (Å²) in [5, 5.41) is 1.70. The average molecular weight is 382 g/mol. The van der Waals surface area contributed by atoms with Gasteiger partial charge in [0.1, 0.15) is 5.54 Å². The molecule has 0 aliphatic heterocycles. The molecule has 4 nitrogen and oxygen atoms in total. The van der Waals surface area contributed by atoms with Crippen molar-refractivity contribution in [1.82, 2.24) is 10.0 Å². The van der Waals surface area contributed by atoms with Crippen molar-refractivity contribution in [3.63, 3.8) is 0 Å². The lowest BCUT2D eigenvalue weighted by Crippen LogP contribution is -2.62. The number of hydrogen-bond donors (Lipinski definition) is 2. The van der Waals surface area contributed by atoms with Crippen molar-refractivity contribution in [2.24, 2.45) is 0 Å². The van der Waals surface area contributed by atoms with Crippen LogP contribution in [0.1, 0.15) is 46.5 Å². The SMILES string of the molecule is CC(C)(C)S(=O)NC1(C(F)(F)F)CCC(NC(=O)C(F)(F)F)CC1. The highest BCUT2D eigenvalue weighted by atomic mass is 32.2. The lowest BCUT2D eigenvalue weighted by atomic mass is 9.79. The first kappa shape index (κ1) is 21.2. The molecule has 1 atom stereocenters. The van der Waals surface area contributed by atoms with Gasteiger partial charge in [-0.3, -0.25) is 4.79 Å². The van der Waals surface area contributed by atoms with Crippen molar-refractivity contribution < 1.29 is 35.3 Å². The van der Waals surface area contributed by atoms with Gasteiger partial charge in [0, 0.05) is 6.04 Å². The molecule has 1 aliphatic carbocycles. The number of amides is 1. The topological polar surface area (TPSA) is 58.2 Å². The minimum Gasteiger partial charge on any atom is -0.346 e. The molecule has 0 heterocycles. The minimum atomic E-state index is -5.08. The van der Waals surface area contributed by atoms with E-state index in [2.05, 4.69) is 4.72 Å². The zero-order chi connectivity index (χ0) is 19.0. The molecule has 1 rings (SSSR count). The van der Waals surface area contributed by atoms with Crippen molar-refractivity contribution in [2.75, 3.05) is 0 Å². The van der Waals surface area contributed by atoms with Crippen molar-refractivity contribution in [2.45, 2.75) is 75.1 Å². The Morgan fingerprint density at radius 2 is 1.50 bits per heavy atom. The monoisotopic (exact) mass is 382 g/mol. The molecule has 0 radical (unpaired) electrons. The van der Waals surface area contributed by atoms with Gasteiger partial charge in [-0.05, 0) is 46.5 Å². The molecule has 142 valence electrons. The normalized spacial score (nSPS) is 27.6. The van der Waals surface area contributed by atoms with Crippen LogP contribution < -0.4 is 10.0 Å². The van der Waals surface area contributed by atoms with Crippen molar-refractivity contribution in [1.29, 1.82) is 0 Å². The van der Waals surface area contributed by atoms with Crippen molar-refractivity contribution in [3.05, 3.63) is 0 Å². The van der Waals surface area contributed by atoms with Gasteiger partial charge in [0.25, 0.3) is 0 Å². The summed E-state index contributed by atoms with van der Waals surface area (Å²) in [6, 6.07) is -1.00. The van der Waals surface area contributed by atoms with Gasteiger partial charge in [0.05, 0.1) is 15.7 Å². The van der Waals surface area contributed by atoms with E-state index in [0.29, 0.717) is 0 Å². The molecule has 24 heavy (non-hydrogen) atoms. The van der Waals surface area contributed by atoms with Gasteiger partial charge in [-0.1, -0.05) is 0 Å². The van der Waals surface area contributed by atoms with E-state index in [4.69, 9.17) is 0 Å². The van der Waals surface area contributed by atoms with Crippen LogP contribution in [0, 0.1) is 0 Å². The van der Waals surface area contributed by atoms with Gasteiger partial charge < -0.3 is 5.32 Å². The summed E-state index contributed by atoms with van der Waals surface area (Å²) in [5.41, 5.74) is -2.44. The Morgan fingerprint density at radius 3 is 1.83 bits per heavy atom. The van der Waals surface area contributed by atoms with E-state index in [-0.39, 0.29) is 12.8 Å². The van der Waals surface area contributed by atoms with Gasteiger partial charge in [-0.25, -0.2) is 8.93 Å². The minimum absolute atomic E-state index is 0.296. The summed E-state index contributed by atoms with van der Waals surface area (Å²) >= 11 is 0. The fourth-order valence-corrected chi connectivity index (χ4v) is 3.28. The highest BCUT2D eigenvalue weighted by molar-refractivity contribution is 7.84. The molecule has 1 amide bonds. The van der Waals surface area contributed by atoms with Gasteiger partial charge in [-0.15, -0.1) is 0 Å². The van der Waals surface area contributed by atoms with Gasteiger partial charge in [0.2, 0.25) is 0 Å². The van der Waals surface area contributed by atoms with Crippen LogP contribution in [-0.4, -0.2) is 38.8 Å². The molecule has 0 aromatic heterocycles. The maximum absolute atomic E-state index is 13.5. The molecule has 0 spiro atoms. The number of halogens is 6. The van der Waals surface area contributed by atoms with Crippen molar-refractivity contribution in [3.8, 4) is 0 Å². The number of rotatable bonds is 3. The van der Waals surface area contributed by atoms with Crippen LogP contribution in [-0.2, 0) is 15.8 Å². The van der Waals surface area contributed by atoms with Crippen LogP contribution in [0.2, 0.25) is 0 Å². The quantitative estimate of drug-likeness (QED) is 0.738. The molecule has 1 unspecified atom stereocenters. The third kappa shape index (κ3) is 5.08. The van der Waals surface area contributed by atoms with E-state index >= 15 is 0 Å². The first-order valence-corrected chi connectivity index (χ1v) is 8.38. The van der Waals surface area contributed by atoms with E-state index in [1.807, 2.05) is 0 Å². The molecule has 0 aromatic carbocycles. The fraction of sp³-hybridized carbons (Fsp3) is 0.923. The Balaban J connectivity index is 2.83. The van der Waals surface area contributed by atoms with E-state index < -0.39 is 58.4 Å². The zero-order valence-electron chi connectivity index (χ0n) is 13.4. The second-order valence-corrected chi connectivity index (χ2v) is 8.77. The summed E-state index contributed by atoms with van der Waals surface area (Å²) in [7, 11) is -1.99. The third-order valence-corrected chi connectivity index (χ3v) is 5.51. The summed E-state index contributed by atoms with van der Waals surface area (Å²) in [6.45, 7) is 4.53. The first-order chi connectivity index (χ1) is 10.6. The molecule has 2 N–H and O–H groups in total. The molecule has 1 fully saturated rings. The Labute approximate surface area is 138 Å². The van der Waals surface area contributed by atoms with Crippen LogP contribution in [0.4, 0.5) is 26.3 Å². The number of alkyl halides is 6. The Kier molecular flexibility index (Phi) is 6.02. The van der Waals surface area contributed by atoms with Crippen LogP contribution >= 0.6 is 0 Å². The Morgan fingerprint density at radius 1 is 1.04 bits per heavy atom. The summed E-state index contributed by atoms with van der Waals surface area (Å²) < 4.78 is 90.2. The standard InChI is InChI=1S/C13H20F6N2O2S/c1-10(2,3)24(23)21-11(13(17,18)19)6-4-8(5-7-11)20-9(22)12(14,15)16/h8,21H,4-7H2,1-3H3,(H,20,22). The van der Waals surface area contributed by atoms with E-state index in [1.165, 1.54) is 20.8 Å². The van der Waals surface area contributed by atoms with Crippen LogP contribution in [0.15, 0.2) is 0 Å². The molecule has 0 saturated heterocycles. The number of hydrogen-bond acceptors (Lipinski definition) is 2. The van der Waals surface area contributed by atoms with E-state index in [1.54, 1.807) is 5.32 Å². The van der Waals surface area contributed by atoms with Gasteiger partial charge >= 0.3 is 18.3 Å². The zero-order valence-corrected chi connectivity index (χ0v) is 14.2. The summed E-state index contributed by atoms with van der Waals surface area (Å²) in [5.74, 6) is -2.17. The number of nitrogens with one attached hydrogen (secondary N) is 2. The third-order valence-electron chi connectivity index (χ3n) is 3.82. The van der Waals surface area contributed by atoms with Crippen LogP contribution in [0.3, 0.4) is 0 Å². The molecule has 1 saturated carbocycles. The highest BCUT2D eigenvalue weighted by Gasteiger charge is 2.57. The predicted octanol–water partition coefficient (Wildman–Crippen LogP) is 2.96. The average Bonchev–Trinajstić information content (AvgIpc) is 2.37. The smallest absolute Gasteiger partial charge is 0.346 e. The molecule has 1 aliphatic rings. The van der Waals surface area contributed by atoms with E-state index in [9.17, 15) is 35.3 Å². The number of carbonyl (C=O) groups excluding carboxylic acids is 1. The fourth-order valence-electron chi connectivity index (χ4n) is 2.30. The number of carbonyl (C=O) groups is 1. The maximum atomic E-state index is 13.5. The van der Waals surface area contributed by atoms with Gasteiger partial charge in [0.15, 0.2) is 0 Å². The molecule has 0 aromatic rings. The largest absolute Gasteiger partial charge is 0.471 e. The Hall–Kier alpha value is -0.840. The second-order valence-electron chi connectivity index (χ2n) is 6.81. The van der Waals surface area contributed by atoms with Crippen LogP contribution in [0.25, 0.3) is 0 Å². The lowest BCUT2D eigenvalue weighted by Gasteiger charge is -2.42. The molecular formula is C13H20F6N2O2S. The molecule has 0 bridgehead atoms. The van der Waals surface area contributed by atoms with E-state index in [0.717, 1.165) is 0 Å². The summed E-state index contributed by atoms with van der Waals surface area (Å²) in [4.78, 5) is 10.9. The highest BCUT2D eigenvalue weighted by Crippen LogP contribution is 2.42. The first-order valence-electron chi connectivity index (χ1n) is 7.23.